The highest BCUT2D eigenvalue weighted by atomic mass is 19.1. The molecule has 4 rings (SSSR count). The van der Waals surface area contributed by atoms with E-state index in [1.165, 1.54) is 22.6 Å². The molecule has 3 aromatic rings. The van der Waals surface area contributed by atoms with Gasteiger partial charge in [-0.2, -0.15) is 0 Å². The van der Waals surface area contributed by atoms with Crippen LogP contribution in [0.1, 0.15) is 55.7 Å². The first kappa shape index (κ1) is 27.1. The fourth-order valence-corrected chi connectivity index (χ4v) is 4.75. The highest BCUT2D eigenvalue weighted by molar-refractivity contribution is 6.05. The monoisotopic (exact) mass is 514 g/mol. The average Bonchev–Trinajstić information content (AvgIpc) is 2.92. The van der Waals surface area contributed by atoms with E-state index in [0.717, 1.165) is 41.8 Å². The SMILES string of the molecule is CCCc1ccc(N(CCC(C)c2ccc(F)cc2)C2=CC(=O)N(Cc3ccc(OC)cc3)C(=O)C2)cc1. The van der Waals surface area contributed by atoms with Gasteiger partial charge in [0.25, 0.3) is 5.91 Å². The second-order valence-electron chi connectivity index (χ2n) is 9.79. The molecule has 0 saturated heterocycles. The number of anilines is 1. The fraction of sp³-hybridized carbons (Fsp3) is 0.312. The minimum absolute atomic E-state index is 0.142. The number of halogens is 1. The van der Waals surface area contributed by atoms with Crippen LogP contribution in [0.3, 0.4) is 0 Å². The number of carbonyl (C=O) groups excluding carboxylic acids is 2. The van der Waals surface area contributed by atoms with Crippen molar-refractivity contribution in [3.05, 3.63) is 107 Å². The van der Waals surface area contributed by atoms with E-state index in [4.69, 9.17) is 4.74 Å². The molecule has 38 heavy (non-hydrogen) atoms. The van der Waals surface area contributed by atoms with Crippen LogP contribution in [0.4, 0.5) is 10.1 Å². The van der Waals surface area contributed by atoms with Gasteiger partial charge >= 0.3 is 0 Å². The Morgan fingerprint density at radius 2 is 1.61 bits per heavy atom. The molecule has 1 atom stereocenters. The van der Waals surface area contributed by atoms with E-state index in [1.807, 2.05) is 36.4 Å². The highest BCUT2D eigenvalue weighted by Gasteiger charge is 2.29. The largest absolute Gasteiger partial charge is 0.497 e. The zero-order chi connectivity index (χ0) is 27.1. The molecule has 2 amide bonds. The Labute approximate surface area is 224 Å². The summed E-state index contributed by atoms with van der Waals surface area (Å²) in [6.45, 7) is 5.10. The summed E-state index contributed by atoms with van der Waals surface area (Å²) in [5.41, 5.74) is 4.82. The van der Waals surface area contributed by atoms with Crippen LogP contribution < -0.4 is 9.64 Å². The van der Waals surface area contributed by atoms with Crippen LogP contribution in [0.2, 0.25) is 0 Å². The van der Waals surface area contributed by atoms with E-state index in [-0.39, 0.29) is 36.5 Å². The molecule has 6 heteroatoms. The molecule has 0 aliphatic carbocycles. The van der Waals surface area contributed by atoms with Gasteiger partial charge in [-0.15, -0.1) is 0 Å². The Balaban J connectivity index is 1.55. The van der Waals surface area contributed by atoms with Crippen molar-refractivity contribution in [2.45, 2.75) is 52.0 Å². The first-order chi connectivity index (χ1) is 18.4. The van der Waals surface area contributed by atoms with Crippen LogP contribution in [0.15, 0.2) is 84.6 Å². The molecule has 0 N–H and O–H groups in total. The van der Waals surface area contributed by atoms with Gasteiger partial charge in [0.15, 0.2) is 0 Å². The minimum atomic E-state index is -0.314. The standard InChI is InChI=1S/C32H35FN2O3/c1-4-5-24-6-14-28(15-7-24)34(19-18-23(2)26-10-12-27(33)13-11-26)29-20-31(36)35(32(37)21-29)22-25-8-16-30(38-3)17-9-25/h6-17,20,23H,4-5,18-19,21-22H2,1-3H3. The predicted octanol–water partition coefficient (Wildman–Crippen LogP) is 6.63. The van der Waals surface area contributed by atoms with E-state index in [2.05, 4.69) is 43.0 Å². The lowest BCUT2D eigenvalue weighted by molar-refractivity contribution is -0.143. The summed E-state index contributed by atoms with van der Waals surface area (Å²) in [5.74, 6) is 0.120. The molecule has 1 aliphatic rings. The number of imide groups is 1. The van der Waals surface area contributed by atoms with E-state index >= 15 is 0 Å². The van der Waals surface area contributed by atoms with Gasteiger partial charge in [-0.25, -0.2) is 4.39 Å². The van der Waals surface area contributed by atoms with Gasteiger partial charge in [0.2, 0.25) is 5.91 Å². The van der Waals surface area contributed by atoms with E-state index < -0.39 is 0 Å². The maximum absolute atomic E-state index is 13.4. The average molecular weight is 515 g/mol. The highest BCUT2D eigenvalue weighted by Crippen LogP contribution is 2.29. The van der Waals surface area contributed by atoms with Gasteiger partial charge in [0, 0.05) is 24.0 Å². The van der Waals surface area contributed by atoms with E-state index in [0.29, 0.717) is 12.2 Å². The zero-order valence-electron chi connectivity index (χ0n) is 22.3. The molecule has 0 spiro atoms. The third-order valence-electron chi connectivity index (χ3n) is 7.05. The fourth-order valence-electron chi connectivity index (χ4n) is 4.75. The van der Waals surface area contributed by atoms with Crippen molar-refractivity contribution in [2.24, 2.45) is 0 Å². The number of nitrogens with zero attached hydrogens (tertiary/aromatic N) is 2. The number of rotatable bonds is 11. The quantitative estimate of drug-likeness (QED) is 0.270. The molecule has 0 bridgehead atoms. The number of aryl methyl sites for hydroxylation is 1. The number of amides is 2. The molecule has 5 nitrogen and oxygen atoms in total. The van der Waals surface area contributed by atoms with Crippen LogP contribution in [0, 0.1) is 5.82 Å². The molecule has 0 saturated carbocycles. The van der Waals surface area contributed by atoms with Crippen LogP contribution in [0.25, 0.3) is 0 Å². The minimum Gasteiger partial charge on any atom is -0.497 e. The van der Waals surface area contributed by atoms with Gasteiger partial charge in [0.1, 0.15) is 11.6 Å². The van der Waals surface area contributed by atoms with Crippen molar-refractivity contribution in [1.82, 2.24) is 4.90 Å². The summed E-state index contributed by atoms with van der Waals surface area (Å²) < 4.78 is 18.6. The Morgan fingerprint density at radius 1 is 0.947 bits per heavy atom. The normalized spacial score (nSPS) is 14.3. The van der Waals surface area contributed by atoms with Gasteiger partial charge in [-0.05, 0) is 71.8 Å². The number of hydrogen-bond acceptors (Lipinski definition) is 4. The third kappa shape index (κ3) is 6.68. The smallest absolute Gasteiger partial charge is 0.255 e. The second kappa shape index (κ2) is 12.5. The molecule has 198 valence electrons. The number of methoxy groups -OCH3 is 1. The molecular weight excluding hydrogens is 479 g/mol. The predicted molar refractivity (Wildman–Crippen MR) is 148 cm³/mol. The van der Waals surface area contributed by atoms with Crippen LogP contribution in [-0.4, -0.2) is 30.4 Å². The Bertz CT molecular complexity index is 1270. The Hall–Kier alpha value is -3.93. The van der Waals surface area contributed by atoms with Crippen molar-refractivity contribution in [1.29, 1.82) is 0 Å². The summed E-state index contributed by atoms with van der Waals surface area (Å²) in [6.07, 6.45) is 4.58. The maximum atomic E-state index is 13.4. The molecule has 0 aromatic heterocycles. The first-order valence-corrected chi connectivity index (χ1v) is 13.2. The zero-order valence-corrected chi connectivity index (χ0v) is 22.3. The van der Waals surface area contributed by atoms with Crippen molar-refractivity contribution in [3.63, 3.8) is 0 Å². The first-order valence-electron chi connectivity index (χ1n) is 13.2. The van der Waals surface area contributed by atoms with Crippen molar-refractivity contribution < 1.29 is 18.7 Å². The lowest BCUT2D eigenvalue weighted by Crippen LogP contribution is -2.41. The van der Waals surface area contributed by atoms with Gasteiger partial charge in [0.05, 0.1) is 20.1 Å². The number of hydrogen-bond donors (Lipinski definition) is 0. The van der Waals surface area contributed by atoms with Crippen molar-refractivity contribution >= 4 is 17.5 Å². The number of ether oxygens (including phenoxy) is 1. The summed E-state index contributed by atoms with van der Waals surface area (Å²) in [4.78, 5) is 29.7. The van der Waals surface area contributed by atoms with Crippen molar-refractivity contribution in [3.8, 4) is 5.75 Å². The Kier molecular flexibility index (Phi) is 8.95. The van der Waals surface area contributed by atoms with Gasteiger partial charge in [-0.3, -0.25) is 14.5 Å². The molecule has 1 aliphatic heterocycles. The van der Waals surface area contributed by atoms with Crippen LogP contribution in [0.5, 0.6) is 5.75 Å². The van der Waals surface area contributed by atoms with Gasteiger partial charge < -0.3 is 9.64 Å². The summed E-state index contributed by atoms with van der Waals surface area (Å²) in [6, 6.07) is 22.3. The van der Waals surface area contributed by atoms with Crippen LogP contribution in [-0.2, 0) is 22.6 Å². The summed E-state index contributed by atoms with van der Waals surface area (Å²) >= 11 is 0. The lowest BCUT2D eigenvalue weighted by atomic mass is 9.97. The third-order valence-corrected chi connectivity index (χ3v) is 7.05. The Morgan fingerprint density at radius 3 is 2.21 bits per heavy atom. The van der Waals surface area contributed by atoms with Crippen molar-refractivity contribution in [2.75, 3.05) is 18.6 Å². The number of benzene rings is 3. The van der Waals surface area contributed by atoms with E-state index in [9.17, 15) is 14.0 Å². The molecule has 0 fully saturated rings. The number of carbonyl (C=O) groups is 2. The molecular formula is C32H35FN2O3. The van der Waals surface area contributed by atoms with Gasteiger partial charge in [-0.1, -0.05) is 56.7 Å². The maximum Gasteiger partial charge on any atom is 0.255 e. The summed E-state index contributed by atoms with van der Waals surface area (Å²) in [5, 5.41) is 0. The lowest BCUT2D eigenvalue weighted by Gasteiger charge is -2.33. The van der Waals surface area contributed by atoms with Crippen LogP contribution >= 0.6 is 0 Å². The molecule has 3 aromatic carbocycles. The molecule has 0 radical (unpaired) electrons. The second-order valence-corrected chi connectivity index (χ2v) is 9.79. The van der Waals surface area contributed by atoms with E-state index in [1.54, 1.807) is 13.2 Å². The molecule has 1 unspecified atom stereocenters. The topological polar surface area (TPSA) is 49.9 Å². The molecule has 1 heterocycles. The summed E-state index contributed by atoms with van der Waals surface area (Å²) in [7, 11) is 1.60.